The average molecular weight is 251 g/mol. The second-order valence-electron chi connectivity index (χ2n) is 6.64. The van der Waals surface area contributed by atoms with Crippen molar-refractivity contribution in [3.8, 4) is 0 Å². The summed E-state index contributed by atoms with van der Waals surface area (Å²) in [5.74, 6) is 1.37. The van der Waals surface area contributed by atoms with Crippen LogP contribution in [0.25, 0.3) is 0 Å². The van der Waals surface area contributed by atoms with Crippen LogP contribution in [-0.2, 0) is 0 Å². The summed E-state index contributed by atoms with van der Waals surface area (Å²) >= 11 is 0. The second-order valence-corrected chi connectivity index (χ2v) is 6.64. The van der Waals surface area contributed by atoms with Crippen molar-refractivity contribution >= 4 is 5.84 Å². The van der Waals surface area contributed by atoms with Crippen molar-refractivity contribution < 1.29 is 5.21 Å². The summed E-state index contributed by atoms with van der Waals surface area (Å²) in [7, 11) is 0. The average Bonchev–Trinajstić information content (AvgIpc) is 2.93. The number of hydrogen-bond acceptors (Lipinski definition) is 3. The van der Waals surface area contributed by atoms with Crippen LogP contribution in [0.1, 0.15) is 51.4 Å². The maximum absolute atomic E-state index is 8.73. The zero-order chi connectivity index (χ0) is 12.6. The molecule has 2 aliphatic carbocycles. The third kappa shape index (κ3) is 2.35. The maximum Gasteiger partial charge on any atom is 0.139 e. The molecule has 4 heteroatoms. The first-order valence-electron chi connectivity index (χ1n) is 7.43. The Hall–Kier alpha value is -0.770. The molecule has 4 nitrogen and oxygen atoms in total. The molecule has 0 bridgehead atoms. The van der Waals surface area contributed by atoms with Crippen LogP contribution in [-0.4, -0.2) is 35.1 Å². The van der Waals surface area contributed by atoms with Crippen LogP contribution in [0, 0.1) is 11.3 Å². The molecule has 0 aromatic heterocycles. The van der Waals surface area contributed by atoms with E-state index in [1.165, 1.54) is 58.0 Å². The lowest BCUT2D eigenvalue weighted by atomic mass is 9.90. The minimum Gasteiger partial charge on any atom is -0.409 e. The first-order valence-corrected chi connectivity index (χ1v) is 7.43. The number of piperidine rings is 1. The highest BCUT2D eigenvalue weighted by Gasteiger charge is 2.47. The number of rotatable bonds is 4. The Morgan fingerprint density at radius 2 is 2.06 bits per heavy atom. The van der Waals surface area contributed by atoms with Crippen LogP contribution < -0.4 is 5.73 Å². The van der Waals surface area contributed by atoms with E-state index in [2.05, 4.69) is 10.1 Å². The summed E-state index contributed by atoms with van der Waals surface area (Å²) in [6.07, 6.45) is 10.3. The van der Waals surface area contributed by atoms with Gasteiger partial charge >= 0.3 is 0 Å². The van der Waals surface area contributed by atoms with Gasteiger partial charge in [0.25, 0.3) is 0 Å². The van der Waals surface area contributed by atoms with Crippen molar-refractivity contribution in [2.24, 2.45) is 22.2 Å². The lowest BCUT2D eigenvalue weighted by molar-refractivity contribution is 0.0901. The Labute approximate surface area is 109 Å². The van der Waals surface area contributed by atoms with E-state index in [1.807, 2.05) is 0 Å². The highest BCUT2D eigenvalue weighted by molar-refractivity contribution is 5.80. The predicted molar refractivity (Wildman–Crippen MR) is 71.6 cm³/mol. The van der Waals surface area contributed by atoms with Gasteiger partial charge in [0.2, 0.25) is 0 Å². The first kappa shape index (κ1) is 12.3. The quantitative estimate of drug-likeness (QED) is 0.348. The molecule has 2 unspecified atom stereocenters. The Bertz CT molecular complexity index is 338. The van der Waals surface area contributed by atoms with Crippen LogP contribution in [0.3, 0.4) is 0 Å². The summed E-state index contributed by atoms with van der Waals surface area (Å²) in [4.78, 5) is 2.72. The lowest BCUT2D eigenvalue weighted by Crippen LogP contribution is -2.45. The maximum atomic E-state index is 8.73. The number of amidine groups is 1. The van der Waals surface area contributed by atoms with E-state index in [1.54, 1.807) is 0 Å². The number of hydrogen-bond donors (Lipinski definition) is 2. The summed E-state index contributed by atoms with van der Waals surface area (Å²) < 4.78 is 0. The summed E-state index contributed by atoms with van der Waals surface area (Å²) in [6.45, 7) is 2.43. The van der Waals surface area contributed by atoms with Gasteiger partial charge in [0.05, 0.1) is 0 Å². The van der Waals surface area contributed by atoms with Gasteiger partial charge in [-0.3, -0.25) is 4.90 Å². The Kier molecular flexibility index (Phi) is 3.22. The molecule has 3 rings (SSSR count). The normalized spacial score (nSPS) is 35.4. The largest absolute Gasteiger partial charge is 0.409 e. The second kappa shape index (κ2) is 4.72. The first-order chi connectivity index (χ1) is 8.72. The fourth-order valence-electron chi connectivity index (χ4n) is 4.17. The van der Waals surface area contributed by atoms with Crippen LogP contribution in [0.5, 0.6) is 0 Å². The molecule has 2 saturated carbocycles. The van der Waals surface area contributed by atoms with Crippen molar-refractivity contribution in [3.63, 3.8) is 0 Å². The number of oxime groups is 1. The Balaban J connectivity index is 1.61. The molecule has 3 fully saturated rings. The van der Waals surface area contributed by atoms with Crippen LogP contribution in [0.15, 0.2) is 5.16 Å². The van der Waals surface area contributed by atoms with Gasteiger partial charge in [-0.2, -0.15) is 0 Å². The lowest BCUT2D eigenvalue weighted by Gasteiger charge is -2.39. The summed E-state index contributed by atoms with van der Waals surface area (Å²) in [5.41, 5.74) is 6.03. The summed E-state index contributed by atoms with van der Waals surface area (Å²) in [5, 5.41) is 11.9. The van der Waals surface area contributed by atoms with Gasteiger partial charge in [-0.05, 0) is 56.4 Å². The fraction of sp³-hybridized carbons (Fsp3) is 0.929. The van der Waals surface area contributed by atoms with Gasteiger partial charge in [0.15, 0.2) is 0 Å². The van der Waals surface area contributed by atoms with E-state index < -0.39 is 0 Å². The molecule has 1 heterocycles. The number of nitrogens with zero attached hydrogens (tertiary/aromatic N) is 2. The molecule has 3 N–H and O–H groups in total. The molecule has 0 aromatic carbocycles. The molecule has 18 heavy (non-hydrogen) atoms. The van der Waals surface area contributed by atoms with Crippen molar-refractivity contribution in [2.45, 2.75) is 57.4 Å². The Morgan fingerprint density at radius 1 is 1.28 bits per heavy atom. The highest BCUT2D eigenvalue weighted by Crippen LogP contribution is 2.51. The van der Waals surface area contributed by atoms with Gasteiger partial charge in [-0.25, -0.2) is 0 Å². The van der Waals surface area contributed by atoms with E-state index in [-0.39, 0.29) is 0 Å². The zero-order valence-corrected chi connectivity index (χ0v) is 11.1. The number of nitrogens with two attached hydrogens (primary N) is 1. The van der Waals surface area contributed by atoms with E-state index in [0.29, 0.717) is 11.3 Å². The van der Waals surface area contributed by atoms with Crippen LogP contribution in [0.4, 0.5) is 0 Å². The third-order valence-corrected chi connectivity index (χ3v) is 5.29. The molecule has 0 radical (unpaired) electrons. The fourth-order valence-corrected chi connectivity index (χ4v) is 4.17. The van der Waals surface area contributed by atoms with E-state index in [9.17, 15) is 0 Å². The van der Waals surface area contributed by atoms with Gasteiger partial charge < -0.3 is 10.9 Å². The minimum atomic E-state index is 0.334. The Morgan fingerprint density at radius 3 is 2.78 bits per heavy atom. The van der Waals surface area contributed by atoms with Gasteiger partial charge in [0.1, 0.15) is 5.84 Å². The molecule has 1 aliphatic heterocycles. The molecular weight excluding hydrogens is 226 g/mol. The van der Waals surface area contributed by atoms with Gasteiger partial charge in [-0.1, -0.05) is 11.6 Å². The molecule has 102 valence electrons. The van der Waals surface area contributed by atoms with Crippen molar-refractivity contribution in [1.82, 2.24) is 4.90 Å². The molecule has 1 saturated heterocycles. The molecule has 0 amide bonds. The SMILES string of the molecule is NC(CC1(CN2CCCC3CCCC32)CC1)=NO. The van der Waals surface area contributed by atoms with Gasteiger partial charge in [-0.15, -0.1) is 0 Å². The molecule has 0 aromatic rings. The summed E-state index contributed by atoms with van der Waals surface area (Å²) in [6, 6.07) is 0.837. The van der Waals surface area contributed by atoms with Crippen LogP contribution >= 0.6 is 0 Å². The molecule has 2 atom stereocenters. The number of likely N-dealkylation sites (tertiary alicyclic amines) is 1. The van der Waals surface area contributed by atoms with Crippen molar-refractivity contribution in [1.29, 1.82) is 0 Å². The monoisotopic (exact) mass is 251 g/mol. The van der Waals surface area contributed by atoms with E-state index in [4.69, 9.17) is 10.9 Å². The minimum absolute atomic E-state index is 0.334. The van der Waals surface area contributed by atoms with E-state index in [0.717, 1.165) is 18.4 Å². The van der Waals surface area contributed by atoms with Crippen molar-refractivity contribution in [3.05, 3.63) is 0 Å². The van der Waals surface area contributed by atoms with E-state index >= 15 is 0 Å². The highest BCUT2D eigenvalue weighted by atomic mass is 16.4. The molecular formula is C14H25N3O. The van der Waals surface area contributed by atoms with Crippen molar-refractivity contribution in [2.75, 3.05) is 13.1 Å². The zero-order valence-electron chi connectivity index (χ0n) is 11.1. The third-order valence-electron chi connectivity index (χ3n) is 5.29. The topological polar surface area (TPSA) is 61.8 Å². The molecule has 3 aliphatic rings. The standard InChI is InChI=1S/C14H25N3O/c15-13(16-18)9-14(6-7-14)10-17-8-2-4-11-3-1-5-12(11)17/h11-12,18H,1-10H2,(H2,15,16). The predicted octanol–water partition coefficient (Wildman–Crippen LogP) is 2.17. The smallest absolute Gasteiger partial charge is 0.139 e. The number of fused-ring (bicyclic) bond motifs is 1. The molecule has 0 spiro atoms. The van der Waals surface area contributed by atoms with Gasteiger partial charge in [0, 0.05) is 19.0 Å². The van der Waals surface area contributed by atoms with Crippen LogP contribution in [0.2, 0.25) is 0 Å².